The highest BCUT2D eigenvalue weighted by atomic mass is 79.9. The number of hydrogen-bond acceptors (Lipinski definition) is 2. The van der Waals surface area contributed by atoms with Crippen LogP contribution < -0.4 is 5.73 Å². The largest absolute Gasteiger partial charge is 0.322 e. The lowest BCUT2D eigenvalue weighted by Crippen LogP contribution is -2.55. The van der Waals surface area contributed by atoms with E-state index in [1.807, 2.05) is 6.07 Å². The van der Waals surface area contributed by atoms with E-state index in [1.165, 1.54) is 38.2 Å². The smallest absolute Gasteiger partial charge is 0.128 e. The van der Waals surface area contributed by atoms with E-state index >= 15 is 0 Å². The standard InChI is InChI=1S/C17H24BrFN2/c18-13-6-7-15(19)14(12-13)16(20)17(8-2-3-9-17)21-10-4-1-5-11-21/h6-7,12,16H,1-5,8-11,20H2. The van der Waals surface area contributed by atoms with Crippen LogP contribution in [0.15, 0.2) is 22.7 Å². The maximum Gasteiger partial charge on any atom is 0.128 e. The Hall–Kier alpha value is -0.450. The van der Waals surface area contributed by atoms with Crippen LogP contribution in [-0.2, 0) is 0 Å². The van der Waals surface area contributed by atoms with Gasteiger partial charge >= 0.3 is 0 Å². The summed E-state index contributed by atoms with van der Waals surface area (Å²) >= 11 is 3.45. The molecule has 4 heteroatoms. The van der Waals surface area contributed by atoms with Crippen LogP contribution in [0.1, 0.15) is 56.6 Å². The second kappa shape index (κ2) is 6.35. The van der Waals surface area contributed by atoms with E-state index in [1.54, 1.807) is 6.07 Å². The average Bonchev–Trinajstić information content (AvgIpc) is 3.01. The summed E-state index contributed by atoms with van der Waals surface area (Å²) in [6.07, 6.45) is 8.41. The van der Waals surface area contributed by atoms with E-state index in [9.17, 15) is 4.39 Å². The van der Waals surface area contributed by atoms with Gasteiger partial charge in [0.1, 0.15) is 5.82 Å². The van der Waals surface area contributed by atoms with Crippen molar-refractivity contribution in [3.05, 3.63) is 34.1 Å². The first-order chi connectivity index (χ1) is 10.1. The highest BCUT2D eigenvalue weighted by Gasteiger charge is 2.45. The van der Waals surface area contributed by atoms with Gasteiger partial charge in [-0.05, 0) is 57.0 Å². The van der Waals surface area contributed by atoms with E-state index in [0.717, 1.165) is 30.4 Å². The third kappa shape index (κ3) is 2.90. The number of benzene rings is 1. The Balaban J connectivity index is 1.94. The summed E-state index contributed by atoms with van der Waals surface area (Å²) in [5, 5.41) is 0. The van der Waals surface area contributed by atoms with Crippen molar-refractivity contribution in [2.75, 3.05) is 13.1 Å². The van der Waals surface area contributed by atoms with Crippen molar-refractivity contribution in [1.29, 1.82) is 0 Å². The van der Waals surface area contributed by atoms with Gasteiger partial charge in [-0.1, -0.05) is 35.2 Å². The van der Waals surface area contributed by atoms with Crippen LogP contribution in [0.4, 0.5) is 4.39 Å². The summed E-state index contributed by atoms with van der Waals surface area (Å²) in [6, 6.07) is 4.89. The van der Waals surface area contributed by atoms with Gasteiger partial charge in [-0.2, -0.15) is 0 Å². The lowest BCUT2D eigenvalue weighted by atomic mass is 9.81. The van der Waals surface area contributed by atoms with Crippen molar-refractivity contribution in [3.63, 3.8) is 0 Å². The Morgan fingerprint density at radius 2 is 1.76 bits per heavy atom. The predicted octanol–water partition coefficient (Wildman–Crippen LogP) is 4.39. The molecule has 3 rings (SSSR count). The van der Waals surface area contributed by atoms with Crippen LogP contribution in [0, 0.1) is 5.82 Å². The normalized spacial score (nSPS) is 24.1. The molecule has 1 unspecified atom stereocenters. The minimum Gasteiger partial charge on any atom is -0.322 e. The summed E-state index contributed by atoms with van der Waals surface area (Å²) in [7, 11) is 0. The quantitative estimate of drug-likeness (QED) is 0.872. The summed E-state index contributed by atoms with van der Waals surface area (Å²) in [5.74, 6) is -0.172. The molecule has 0 aromatic heterocycles. The van der Waals surface area contributed by atoms with Crippen molar-refractivity contribution >= 4 is 15.9 Å². The third-order valence-electron chi connectivity index (χ3n) is 5.33. The number of halogens is 2. The minimum absolute atomic E-state index is 0.0396. The molecule has 0 spiro atoms. The first kappa shape index (κ1) is 15.4. The Morgan fingerprint density at radius 3 is 2.43 bits per heavy atom. The molecular weight excluding hydrogens is 331 g/mol. The van der Waals surface area contributed by atoms with Crippen LogP contribution in [-0.4, -0.2) is 23.5 Å². The summed E-state index contributed by atoms with van der Waals surface area (Å²) in [6.45, 7) is 2.23. The first-order valence-electron chi connectivity index (χ1n) is 8.09. The van der Waals surface area contributed by atoms with Gasteiger partial charge in [-0.15, -0.1) is 0 Å². The molecule has 1 saturated carbocycles. The summed E-state index contributed by atoms with van der Waals surface area (Å²) < 4.78 is 15.2. The number of piperidine rings is 1. The fraction of sp³-hybridized carbons (Fsp3) is 0.647. The molecule has 116 valence electrons. The zero-order valence-electron chi connectivity index (χ0n) is 12.5. The van der Waals surface area contributed by atoms with Crippen molar-refractivity contribution < 1.29 is 4.39 Å². The van der Waals surface area contributed by atoms with E-state index in [-0.39, 0.29) is 17.4 Å². The molecule has 0 amide bonds. The van der Waals surface area contributed by atoms with Gasteiger partial charge in [0.15, 0.2) is 0 Å². The zero-order chi connectivity index (χ0) is 14.9. The van der Waals surface area contributed by atoms with Crippen LogP contribution >= 0.6 is 15.9 Å². The molecule has 1 aromatic carbocycles. The van der Waals surface area contributed by atoms with Crippen molar-refractivity contribution in [2.45, 2.75) is 56.5 Å². The van der Waals surface area contributed by atoms with Gasteiger partial charge in [0.05, 0.1) is 6.04 Å². The minimum atomic E-state index is -0.240. The molecule has 0 bridgehead atoms. The molecule has 1 atom stereocenters. The van der Waals surface area contributed by atoms with Gasteiger partial charge in [0.2, 0.25) is 0 Å². The first-order valence-corrected chi connectivity index (χ1v) is 8.88. The third-order valence-corrected chi connectivity index (χ3v) is 5.82. The topological polar surface area (TPSA) is 29.3 Å². The Labute approximate surface area is 135 Å². The monoisotopic (exact) mass is 354 g/mol. The van der Waals surface area contributed by atoms with Crippen LogP contribution in [0.2, 0.25) is 0 Å². The van der Waals surface area contributed by atoms with Gasteiger partial charge in [-0.25, -0.2) is 4.39 Å². The number of hydrogen-bond donors (Lipinski definition) is 1. The molecule has 1 saturated heterocycles. The lowest BCUT2D eigenvalue weighted by Gasteiger charge is -2.47. The van der Waals surface area contributed by atoms with Gasteiger partial charge < -0.3 is 5.73 Å². The number of rotatable bonds is 3. The highest BCUT2D eigenvalue weighted by molar-refractivity contribution is 9.10. The molecule has 2 N–H and O–H groups in total. The average molecular weight is 355 g/mol. The highest BCUT2D eigenvalue weighted by Crippen LogP contribution is 2.45. The van der Waals surface area contributed by atoms with E-state index in [0.29, 0.717) is 5.56 Å². The van der Waals surface area contributed by atoms with Crippen LogP contribution in [0.5, 0.6) is 0 Å². The molecule has 2 fully saturated rings. The number of likely N-dealkylation sites (tertiary alicyclic amines) is 1. The SMILES string of the molecule is NC(c1cc(Br)ccc1F)C1(N2CCCCC2)CCCC1. The molecule has 0 radical (unpaired) electrons. The van der Waals surface area contributed by atoms with Crippen molar-refractivity contribution in [2.24, 2.45) is 5.73 Å². The van der Waals surface area contributed by atoms with Gasteiger partial charge in [0.25, 0.3) is 0 Å². The molecule has 1 aromatic rings. The molecule has 1 aliphatic carbocycles. The Kier molecular flexibility index (Phi) is 4.67. The van der Waals surface area contributed by atoms with Crippen LogP contribution in [0.3, 0.4) is 0 Å². The second-order valence-corrected chi connectivity index (χ2v) is 7.42. The van der Waals surface area contributed by atoms with E-state index < -0.39 is 0 Å². The van der Waals surface area contributed by atoms with E-state index in [4.69, 9.17) is 5.73 Å². The molecule has 2 aliphatic rings. The van der Waals surface area contributed by atoms with Crippen molar-refractivity contribution in [3.8, 4) is 0 Å². The predicted molar refractivity (Wildman–Crippen MR) is 87.7 cm³/mol. The fourth-order valence-corrected chi connectivity index (χ4v) is 4.57. The second-order valence-electron chi connectivity index (χ2n) is 6.50. The Morgan fingerprint density at radius 1 is 1.10 bits per heavy atom. The van der Waals surface area contributed by atoms with Gasteiger partial charge in [0, 0.05) is 15.6 Å². The maximum absolute atomic E-state index is 14.3. The zero-order valence-corrected chi connectivity index (χ0v) is 14.0. The van der Waals surface area contributed by atoms with Crippen LogP contribution in [0.25, 0.3) is 0 Å². The summed E-state index contributed by atoms with van der Waals surface area (Å²) in [5.41, 5.74) is 7.26. The lowest BCUT2D eigenvalue weighted by molar-refractivity contribution is 0.0468. The fourth-order valence-electron chi connectivity index (χ4n) is 4.19. The molecule has 21 heavy (non-hydrogen) atoms. The molecule has 1 heterocycles. The molecular formula is C17H24BrFN2. The van der Waals surface area contributed by atoms with E-state index in [2.05, 4.69) is 20.8 Å². The Bertz CT molecular complexity index is 494. The maximum atomic E-state index is 14.3. The van der Waals surface area contributed by atoms with Crippen molar-refractivity contribution in [1.82, 2.24) is 4.90 Å². The van der Waals surface area contributed by atoms with Gasteiger partial charge in [-0.3, -0.25) is 4.90 Å². The number of nitrogens with zero attached hydrogens (tertiary/aromatic N) is 1. The number of nitrogens with two attached hydrogens (primary N) is 1. The molecule has 2 nitrogen and oxygen atoms in total. The molecule has 1 aliphatic heterocycles. The summed E-state index contributed by atoms with van der Waals surface area (Å²) in [4.78, 5) is 2.56.